The van der Waals surface area contributed by atoms with E-state index >= 15 is 0 Å². The summed E-state index contributed by atoms with van der Waals surface area (Å²) in [6.07, 6.45) is 1.14. The molecule has 94 valence electrons. The first-order valence-corrected chi connectivity index (χ1v) is 5.90. The maximum Gasteiger partial charge on any atom is 0.235 e. The highest BCUT2D eigenvalue weighted by Gasteiger charge is 2.45. The van der Waals surface area contributed by atoms with Crippen molar-refractivity contribution in [2.45, 2.75) is 39.7 Å². The fourth-order valence-corrected chi connectivity index (χ4v) is 1.86. The highest BCUT2D eigenvalue weighted by Crippen LogP contribution is 2.31. The molecule has 0 saturated carbocycles. The predicted molar refractivity (Wildman–Crippen MR) is 62.8 cm³/mol. The van der Waals surface area contributed by atoms with Gasteiger partial charge in [-0.3, -0.25) is 14.5 Å². The number of nitriles is 1. The Labute approximate surface area is 102 Å². The lowest BCUT2D eigenvalue weighted by Crippen LogP contribution is -2.44. The number of likely N-dealkylation sites (tertiary alicyclic amines) is 1. The van der Waals surface area contributed by atoms with E-state index in [1.54, 1.807) is 13.8 Å². The van der Waals surface area contributed by atoms with Crippen LogP contribution in [0.2, 0.25) is 0 Å². The van der Waals surface area contributed by atoms with Crippen LogP contribution >= 0.6 is 0 Å². The molecule has 0 bridgehead atoms. The van der Waals surface area contributed by atoms with Crippen LogP contribution in [0.15, 0.2) is 0 Å². The van der Waals surface area contributed by atoms with E-state index in [0.29, 0.717) is 6.54 Å². The zero-order chi connectivity index (χ0) is 13.1. The first kappa shape index (κ1) is 13.7. The van der Waals surface area contributed by atoms with Gasteiger partial charge in [0.15, 0.2) is 0 Å². The molecule has 0 aliphatic carbocycles. The first-order chi connectivity index (χ1) is 7.92. The van der Waals surface area contributed by atoms with Crippen molar-refractivity contribution in [3.63, 3.8) is 0 Å². The number of carbonyl (C=O) groups is 2. The van der Waals surface area contributed by atoms with Crippen LogP contribution < -0.4 is 5.32 Å². The van der Waals surface area contributed by atoms with Gasteiger partial charge in [-0.2, -0.15) is 5.26 Å². The second kappa shape index (κ2) is 5.28. The molecule has 0 aromatic carbocycles. The quantitative estimate of drug-likeness (QED) is 0.713. The van der Waals surface area contributed by atoms with Crippen LogP contribution in [0.5, 0.6) is 0 Å². The van der Waals surface area contributed by atoms with Crippen molar-refractivity contribution in [3.8, 4) is 6.07 Å². The van der Waals surface area contributed by atoms with Gasteiger partial charge in [0.2, 0.25) is 11.8 Å². The molecule has 1 aliphatic heterocycles. The van der Waals surface area contributed by atoms with Gasteiger partial charge in [0.25, 0.3) is 0 Å². The van der Waals surface area contributed by atoms with E-state index in [1.807, 2.05) is 6.92 Å². The number of imide groups is 1. The van der Waals surface area contributed by atoms with Crippen LogP contribution in [0.25, 0.3) is 0 Å². The van der Waals surface area contributed by atoms with Crippen molar-refractivity contribution in [2.75, 3.05) is 13.1 Å². The summed E-state index contributed by atoms with van der Waals surface area (Å²) in [6, 6.07) is 1.60. The minimum Gasteiger partial charge on any atom is -0.300 e. The fourth-order valence-electron chi connectivity index (χ4n) is 1.86. The Morgan fingerprint density at radius 1 is 1.53 bits per heavy atom. The van der Waals surface area contributed by atoms with Gasteiger partial charge in [-0.15, -0.1) is 0 Å². The van der Waals surface area contributed by atoms with Crippen molar-refractivity contribution in [3.05, 3.63) is 0 Å². The molecule has 17 heavy (non-hydrogen) atoms. The minimum atomic E-state index is -0.623. The monoisotopic (exact) mass is 237 g/mol. The highest BCUT2D eigenvalue weighted by atomic mass is 16.2. The third-order valence-corrected chi connectivity index (χ3v) is 2.88. The lowest BCUT2D eigenvalue weighted by molar-refractivity contribution is -0.141. The number of carbonyl (C=O) groups excluding carboxylic acids is 2. The van der Waals surface area contributed by atoms with Gasteiger partial charge in [0.05, 0.1) is 18.0 Å². The van der Waals surface area contributed by atoms with Gasteiger partial charge in [0.1, 0.15) is 6.04 Å². The summed E-state index contributed by atoms with van der Waals surface area (Å²) in [5.74, 6) is -0.361. The summed E-state index contributed by atoms with van der Waals surface area (Å²) in [5, 5.41) is 12.0. The highest BCUT2D eigenvalue weighted by molar-refractivity contribution is 6.05. The zero-order valence-electron chi connectivity index (χ0n) is 10.6. The van der Waals surface area contributed by atoms with Crippen LogP contribution in [0.4, 0.5) is 0 Å². The van der Waals surface area contributed by atoms with Crippen LogP contribution in [-0.2, 0) is 9.59 Å². The molecule has 1 rings (SSSR count). The third-order valence-electron chi connectivity index (χ3n) is 2.88. The van der Waals surface area contributed by atoms with Crippen molar-refractivity contribution in [2.24, 2.45) is 5.41 Å². The summed E-state index contributed by atoms with van der Waals surface area (Å²) in [4.78, 5) is 24.8. The van der Waals surface area contributed by atoms with Crippen molar-refractivity contribution in [1.29, 1.82) is 5.26 Å². The lowest BCUT2D eigenvalue weighted by Gasteiger charge is -2.20. The Kier molecular flexibility index (Phi) is 4.24. The molecule has 1 atom stereocenters. The molecule has 1 N–H and O–H groups in total. The first-order valence-electron chi connectivity index (χ1n) is 5.90. The maximum absolute atomic E-state index is 11.9. The number of amides is 2. The van der Waals surface area contributed by atoms with E-state index in [0.717, 1.165) is 6.42 Å². The molecule has 1 heterocycles. The summed E-state index contributed by atoms with van der Waals surface area (Å²) >= 11 is 0. The van der Waals surface area contributed by atoms with Crippen molar-refractivity contribution in [1.82, 2.24) is 10.2 Å². The Bertz CT molecular complexity index is 357. The topological polar surface area (TPSA) is 73.2 Å². The molecule has 5 heteroatoms. The van der Waals surface area contributed by atoms with Gasteiger partial charge in [-0.05, 0) is 13.0 Å². The van der Waals surface area contributed by atoms with Gasteiger partial charge in [-0.1, -0.05) is 20.8 Å². The zero-order valence-corrected chi connectivity index (χ0v) is 10.6. The molecular weight excluding hydrogens is 218 g/mol. The van der Waals surface area contributed by atoms with Crippen LogP contribution in [0, 0.1) is 16.7 Å². The Morgan fingerprint density at radius 3 is 2.59 bits per heavy atom. The summed E-state index contributed by atoms with van der Waals surface area (Å²) in [7, 11) is 0. The molecule has 5 nitrogen and oxygen atoms in total. The Balaban J connectivity index is 2.65. The van der Waals surface area contributed by atoms with Gasteiger partial charge in [-0.25, -0.2) is 0 Å². The number of nitrogens with one attached hydrogen (secondary N) is 1. The van der Waals surface area contributed by atoms with Crippen LogP contribution in [0.1, 0.15) is 33.6 Å². The van der Waals surface area contributed by atoms with E-state index in [4.69, 9.17) is 5.26 Å². The molecule has 0 spiro atoms. The largest absolute Gasteiger partial charge is 0.300 e. The molecule has 0 aromatic rings. The smallest absolute Gasteiger partial charge is 0.235 e. The van der Waals surface area contributed by atoms with Crippen LogP contribution in [0.3, 0.4) is 0 Å². The number of rotatable bonds is 5. The van der Waals surface area contributed by atoms with Gasteiger partial charge in [0, 0.05) is 6.42 Å². The second-order valence-corrected chi connectivity index (χ2v) is 5.01. The van der Waals surface area contributed by atoms with Gasteiger partial charge >= 0.3 is 0 Å². The summed E-state index contributed by atoms with van der Waals surface area (Å²) < 4.78 is 0. The molecule has 1 aliphatic rings. The molecule has 1 saturated heterocycles. The maximum atomic E-state index is 11.9. The average Bonchev–Trinajstić information content (AvgIpc) is 2.45. The van der Waals surface area contributed by atoms with E-state index in [1.165, 1.54) is 4.90 Å². The molecule has 0 aromatic heterocycles. The predicted octanol–water partition coefficient (Wildman–Crippen LogP) is 0.663. The third kappa shape index (κ3) is 3.04. The fraction of sp³-hybridized carbons (Fsp3) is 0.750. The van der Waals surface area contributed by atoms with Crippen molar-refractivity contribution >= 4 is 11.8 Å². The number of hydrogen-bond donors (Lipinski definition) is 1. The second-order valence-electron chi connectivity index (χ2n) is 5.01. The van der Waals surface area contributed by atoms with Gasteiger partial charge < -0.3 is 5.32 Å². The van der Waals surface area contributed by atoms with Crippen molar-refractivity contribution < 1.29 is 9.59 Å². The summed E-state index contributed by atoms with van der Waals surface area (Å²) in [5.41, 5.74) is -0.623. The molecule has 0 radical (unpaired) electrons. The van der Waals surface area contributed by atoms with E-state index in [9.17, 15) is 9.59 Å². The molecular formula is C12H19N3O2. The number of nitrogens with zero attached hydrogens (tertiary/aromatic N) is 2. The minimum absolute atomic E-state index is 0.150. The number of hydrogen-bond acceptors (Lipinski definition) is 4. The Morgan fingerprint density at radius 2 is 2.18 bits per heavy atom. The Hall–Kier alpha value is -1.41. The van der Waals surface area contributed by atoms with E-state index in [2.05, 4.69) is 11.4 Å². The van der Waals surface area contributed by atoms with E-state index < -0.39 is 11.5 Å². The standard InChI is InChI=1S/C12H19N3O2/c1-4-5-14-9(7-13)8-15-10(16)6-12(2,3)11(15)17/h9,14H,4-6,8H2,1-3H3. The molecule has 2 amide bonds. The van der Waals surface area contributed by atoms with Crippen LogP contribution in [-0.4, -0.2) is 35.8 Å². The lowest BCUT2D eigenvalue weighted by atomic mass is 9.92. The summed E-state index contributed by atoms with van der Waals surface area (Å²) in [6.45, 7) is 6.37. The molecule has 1 fully saturated rings. The molecule has 1 unspecified atom stereocenters. The SMILES string of the molecule is CCCNC(C#N)CN1C(=O)CC(C)(C)C1=O. The average molecular weight is 237 g/mol. The van der Waals surface area contributed by atoms with E-state index in [-0.39, 0.29) is 24.8 Å². The normalized spacial score (nSPS) is 20.5.